The van der Waals surface area contributed by atoms with Gasteiger partial charge >= 0.3 is 5.69 Å². The van der Waals surface area contributed by atoms with Crippen LogP contribution in [0.15, 0.2) is 53.5 Å². The molecule has 3 heterocycles. The maximum absolute atomic E-state index is 15.3. The van der Waals surface area contributed by atoms with Crippen LogP contribution in [0.1, 0.15) is 25.1 Å². The van der Waals surface area contributed by atoms with Gasteiger partial charge in [0.25, 0.3) is 0 Å². The van der Waals surface area contributed by atoms with E-state index in [4.69, 9.17) is 0 Å². The number of pyridine rings is 1. The van der Waals surface area contributed by atoms with Crippen LogP contribution in [0, 0.1) is 23.5 Å². The van der Waals surface area contributed by atoms with Crippen molar-refractivity contribution in [2.75, 3.05) is 13.1 Å². The second kappa shape index (κ2) is 8.41. The molecule has 9 heteroatoms. The van der Waals surface area contributed by atoms with Crippen LogP contribution in [0.3, 0.4) is 0 Å². The van der Waals surface area contributed by atoms with Gasteiger partial charge in [-0.3, -0.25) is 9.78 Å². The Balaban J connectivity index is 1.29. The molecule has 0 spiro atoms. The van der Waals surface area contributed by atoms with Crippen molar-refractivity contribution in [2.45, 2.75) is 25.7 Å². The summed E-state index contributed by atoms with van der Waals surface area (Å²) < 4.78 is 31.6. The molecule has 0 bridgehead atoms. The summed E-state index contributed by atoms with van der Waals surface area (Å²) >= 11 is 0. The van der Waals surface area contributed by atoms with Crippen LogP contribution >= 0.6 is 0 Å². The Morgan fingerprint density at radius 2 is 1.94 bits per heavy atom. The number of carbonyl (C=O) groups is 1. The Kier molecular flexibility index (Phi) is 5.20. The third-order valence-corrected chi connectivity index (χ3v) is 6.93. The molecule has 1 amide bonds. The Bertz CT molecular complexity index is 1510. The summed E-state index contributed by atoms with van der Waals surface area (Å²) in [5.41, 5.74) is 0.424. The summed E-state index contributed by atoms with van der Waals surface area (Å²) in [6.45, 7) is 1.26. The molecule has 1 aliphatic carbocycles. The number of aromatic amines is 1. The van der Waals surface area contributed by atoms with E-state index in [2.05, 4.69) is 15.2 Å². The predicted octanol–water partition coefficient (Wildman–Crippen LogP) is 3.86. The number of hydrogen-bond acceptors (Lipinski definition) is 4. The van der Waals surface area contributed by atoms with Crippen LogP contribution in [-0.2, 0) is 11.2 Å². The van der Waals surface area contributed by atoms with Gasteiger partial charge in [0.2, 0.25) is 5.91 Å². The van der Waals surface area contributed by atoms with Crippen molar-refractivity contribution in [3.05, 3.63) is 76.6 Å². The zero-order valence-electron chi connectivity index (χ0n) is 18.9. The summed E-state index contributed by atoms with van der Waals surface area (Å²) in [6.07, 6.45) is 4.72. The fraction of sp³-hybridized carbons (Fsp3) is 0.308. The fourth-order valence-electron chi connectivity index (χ4n) is 4.92. The van der Waals surface area contributed by atoms with E-state index in [0.29, 0.717) is 36.4 Å². The molecule has 2 aliphatic rings. The topological polar surface area (TPSA) is 83.9 Å². The Morgan fingerprint density at radius 1 is 1.09 bits per heavy atom. The highest BCUT2D eigenvalue weighted by Crippen LogP contribution is 2.34. The quantitative estimate of drug-likeness (QED) is 0.475. The first-order valence-electron chi connectivity index (χ1n) is 11.8. The van der Waals surface area contributed by atoms with Crippen molar-refractivity contribution in [1.82, 2.24) is 24.6 Å². The summed E-state index contributed by atoms with van der Waals surface area (Å²) in [7, 11) is 0. The van der Waals surface area contributed by atoms with Gasteiger partial charge in [0.1, 0.15) is 17.5 Å². The van der Waals surface area contributed by atoms with E-state index < -0.39 is 17.3 Å². The number of aromatic nitrogens is 4. The number of nitrogens with zero attached hydrogens (tertiary/aromatic N) is 4. The lowest BCUT2D eigenvalue weighted by Gasteiger charge is -2.16. The van der Waals surface area contributed by atoms with E-state index in [9.17, 15) is 9.59 Å². The molecule has 178 valence electrons. The third kappa shape index (κ3) is 4.00. The minimum atomic E-state index is -0.732. The molecule has 1 saturated carbocycles. The molecule has 2 aromatic heterocycles. The molecule has 1 unspecified atom stereocenters. The molecule has 4 aromatic rings. The van der Waals surface area contributed by atoms with Crippen molar-refractivity contribution < 1.29 is 13.6 Å². The number of carbonyl (C=O) groups excluding carboxylic acids is 1. The lowest BCUT2D eigenvalue weighted by molar-refractivity contribution is -0.131. The van der Waals surface area contributed by atoms with Crippen LogP contribution in [0.2, 0.25) is 0 Å². The number of rotatable bonds is 5. The Hall–Kier alpha value is -3.88. The normalized spacial score (nSPS) is 17.9. The van der Waals surface area contributed by atoms with Gasteiger partial charge in [-0.1, -0.05) is 18.2 Å². The SMILES string of the molecule is O=C(C1CC1)N1CCC(Cc2n[nH]c(=O)n2-c2cc(F)c(-c3ccc4cccnc4c3)cc2F)C1. The van der Waals surface area contributed by atoms with Crippen LogP contribution < -0.4 is 5.69 Å². The van der Waals surface area contributed by atoms with Crippen molar-refractivity contribution in [3.63, 3.8) is 0 Å². The molecule has 1 saturated heterocycles. The van der Waals surface area contributed by atoms with Crippen molar-refractivity contribution >= 4 is 16.8 Å². The number of likely N-dealkylation sites (tertiary alicyclic amines) is 1. The number of benzene rings is 2. The molecule has 1 N–H and O–H groups in total. The van der Waals surface area contributed by atoms with Gasteiger partial charge in [-0.05, 0) is 48.9 Å². The summed E-state index contributed by atoms with van der Waals surface area (Å²) in [5, 5.41) is 7.34. The van der Waals surface area contributed by atoms with Crippen LogP contribution in [0.25, 0.3) is 27.7 Å². The first kappa shape index (κ1) is 21.6. The zero-order valence-corrected chi connectivity index (χ0v) is 18.9. The minimum Gasteiger partial charge on any atom is -0.342 e. The molecule has 6 rings (SSSR count). The second-order valence-electron chi connectivity index (χ2n) is 9.39. The van der Waals surface area contributed by atoms with Crippen molar-refractivity contribution in [2.24, 2.45) is 11.8 Å². The van der Waals surface area contributed by atoms with E-state index in [1.165, 1.54) is 0 Å². The van der Waals surface area contributed by atoms with Gasteiger partial charge < -0.3 is 4.90 Å². The van der Waals surface area contributed by atoms with E-state index in [1.807, 2.05) is 17.0 Å². The molecular weight excluding hydrogens is 452 g/mol. The molecule has 7 nitrogen and oxygen atoms in total. The highest BCUT2D eigenvalue weighted by Gasteiger charge is 2.37. The minimum absolute atomic E-state index is 0.0851. The number of fused-ring (bicyclic) bond motifs is 1. The number of nitrogens with one attached hydrogen (secondary N) is 1. The Labute approximate surface area is 199 Å². The highest BCUT2D eigenvalue weighted by molar-refractivity contribution is 5.84. The van der Waals surface area contributed by atoms with E-state index in [-0.39, 0.29) is 29.0 Å². The highest BCUT2D eigenvalue weighted by atomic mass is 19.1. The Morgan fingerprint density at radius 3 is 2.77 bits per heavy atom. The maximum atomic E-state index is 15.3. The van der Waals surface area contributed by atoms with E-state index in [1.54, 1.807) is 24.4 Å². The standard InChI is InChI=1S/C26H23F2N5O2/c27-20-13-23(21(28)12-19(20)18-6-3-16-2-1-8-29-22(16)11-18)33-24(30-31-26(33)35)10-15-7-9-32(14-15)25(34)17-4-5-17/h1-3,6,8,11-13,15,17H,4-5,7,9-10,14H2,(H,31,35). The monoisotopic (exact) mass is 475 g/mol. The van der Waals surface area contributed by atoms with E-state index in [0.717, 1.165) is 41.3 Å². The van der Waals surface area contributed by atoms with Crippen LogP contribution in [0.5, 0.6) is 0 Å². The predicted molar refractivity (Wildman–Crippen MR) is 126 cm³/mol. The first-order chi connectivity index (χ1) is 17.0. The average molecular weight is 475 g/mol. The van der Waals surface area contributed by atoms with Gasteiger partial charge in [-0.15, -0.1) is 0 Å². The van der Waals surface area contributed by atoms with Gasteiger partial charge in [0.15, 0.2) is 0 Å². The number of hydrogen-bond donors (Lipinski definition) is 1. The van der Waals surface area contributed by atoms with Crippen LogP contribution in [-0.4, -0.2) is 43.6 Å². The van der Waals surface area contributed by atoms with E-state index >= 15 is 8.78 Å². The molecular formula is C26H23F2N5O2. The summed E-state index contributed by atoms with van der Waals surface area (Å²) in [4.78, 5) is 31.0. The average Bonchev–Trinajstić information content (AvgIpc) is 3.51. The van der Waals surface area contributed by atoms with Gasteiger partial charge in [-0.2, -0.15) is 5.10 Å². The molecule has 2 fully saturated rings. The molecule has 1 atom stereocenters. The number of H-pyrrole nitrogens is 1. The lowest BCUT2D eigenvalue weighted by Crippen LogP contribution is -2.30. The lowest BCUT2D eigenvalue weighted by atomic mass is 10.0. The van der Waals surface area contributed by atoms with Gasteiger partial charge in [0.05, 0.1) is 11.2 Å². The summed E-state index contributed by atoms with van der Waals surface area (Å²) in [6, 6.07) is 11.1. The number of halogens is 2. The largest absolute Gasteiger partial charge is 0.348 e. The molecule has 1 aliphatic heterocycles. The zero-order chi connectivity index (χ0) is 24.1. The molecule has 2 aromatic carbocycles. The van der Waals surface area contributed by atoms with Gasteiger partial charge in [-0.25, -0.2) is 23.2 Å². The van der Waals surface area contributed by atoms with Crippen molar-refractivity contribution in [3.8, 4) is 16.8 Å². The summed E-state index contributed by atoms with van der Waals surface area (Å²) in [5.74, 6) is -0.613. The maximum Gasteiger partial charge on any atom is 0.348 e. The number of amides is 1. The second-order valence-corrected chi connectivity index (χ2v) is 9.39. The fourth-order valence-corrected chi connectivity index (χ4v) is 4.92. The van der Waals surface area contributed by atoms with Crippen molar-refractivity contribution in [1.29, 1.82) is 0 Å². The van der Waals surface area contributed by atoms with Gasteiger partial charge in [0, 0.05) is 48.6 Å². The molecule has 35 heavy (non-hydrogen) atoms. The van der Waals surface area contributed by atoms with Crippen LogP contribution in [0.4, 0.5) is 8.78 Å². The molecule has 0 radical (unpaired) electrons. The smallest absolute Gasteiger partial charge is 0.342 e. The first-order valence-corrected chi connectivity index (χ1v) is 11.8. The third-order valence-electron chi connectivity index (χ3n) is 6.93.